The van der Waals surface area contributed by atoms with E-state index in [2.05, 4.69) is 4.74 Å². The van der Waals surface area contributed by atoms with E-state index in [4.69, 9.17) is 5.11 Å². The summed E-state index contributed by atoms with van der Waals surface area (Å²) >= 11 is 0. The van der Waals surface area contributed by atoms with Crippen molar-refractivity contribution in [2.75, 3.05) is 33.3 Å². The number of methoxy groups -OCH3 is 1. The van der Waals surface area contributed by atoms with Gasteiger partial charge in [0.2, 0.25) is 5.91 Å². The lowest BCUT2D eigenvalue weighted by molar-refractivity contribution is -0.153. The molecule has 1 atom stereocenters. The van der Waals surface area contributed by atoms with Gasteiger partial charge in [-0.2, -0.15) is 0 Å². The topological polar surface area (TPSA) is 87.2 Å². The van der Waals surface area contributed by atoms with Gasteiger partial charge >= 0.3 is 11.9 Å². The molecule has 0 aliphatic carbocycles. The third-order valence-electron chi connectivity index (χ3n) is 2.75. The number of carbonyl (C=O) groups excluding carboxylic acids is 2. The molecular formula is C10H16N2O5. The maximum absolute atomic E-state index is 11.5. The van der Waals surface area contributed by atoms with Crippen molar-refractivity contribution in [2.24, 2.45) is 0 Å². The van der Waals surface area contributed by atoms with E-state index in [1.54, 1.807) is 0 Å². The number of hydrogen-bond acceptors (Lipinski definition) is 5. The fraction of sp³-hybridized carbons (Fsp3) is 0.700. The zero-order valence-electron chi connectivity index (χ0n) is 9.88. The van der Waals surface area contributed by atoms with E-state index in [0.717, 1.165) is 0 Å². The van der Waals surface area contributed by atoms with E-state index in [0.29, 0.717) is 13.1 Å². The van der Waals surface area contributed by atoms with E-state index in [1.165, 1.54) is 23.8 Å². The van der Waals surface area contributed by atoms with Crippen molar-refractivity contribution in [1.29, 1.82) is 0 Å². The highest BCUT2D eigenvalue weighted by Gasteiger charge is 2.34. The van der Waals surface area contributed by atoms with Gasteiger partial charge in [-0.3, -0.25) is 19.3 Å². The molecule has 96 valence electrons. The Hall–Kier alpha value is -1.63. The normalized spacial score (nSPS) is 21.1. The summed E-state index contributed by atoms with van der Waals surface area (Å²) in [6.45, 7) is 2.14. The molecule has 17 heavy (non-hydrogen) atoms. The highest BCUT2D eigenvalue weighted by atomic mass is 16.5. The number of rotatable bonds is 3. The second kappa shape index (κ2) is 5.62. The Bertz CT molecular complexity index is 331. The number of carboxylic acid groups (broad SMARTS) is 1. The van der Waals surface area contributed by atoms with Crippen LogP contribution in [0.1, 0.15) is 6.92 Å². The first kappa shape index (κ1) is 13.4. The van der Waals surface area contributed by atoms with Gasteiger partial charge < -0.3 is 14.7 Å². The van der Waals surface area contributed by atoms with Crippen LogP contribution in [0.4, 0.5) is 0 Å². The molecule has 7 nitrogen and oxygen atoms in total. The fourth-order valence-electron chi connectivity index (χ4n) is 1.83. The van der Waals surface area contributed by atoms with Gasteiger partial charge in [-0.05, 0) is 0 Å². The van der Waals surface area contributed by atoms with Crippen LogP contribution < -0.4 is 0 Å². The summed E-state index contributed by atoms with van der Waals surface area (Å²) in [6, 6.07) is -0.700. The molecule has 0 aromatic heterocycles. The smallest absolute Gasteiger partial charge is 0.324 e. The standard InChI is InChI=1S/C10H16N2O5/c1-7(13)11-3-4-12(6-9(14)15)8(5-11)10(16)17-2/h8H,3-6H2,1-2H3,(H,14,15). The first-order chi connectivity index (χ1) is 7.95. The minimum Gasteiger partial charge on any atom is -0.480 e. The van der Waals surface area contributed by atoms with Crippen LogP contribution in [0.2, 0.25) is 0 Å². The zero-order valence-corrected chi connectivity index (χ0v) is 9.88. The van der Waals surface area contributed by atoms with Crippen LogP contribution in [0.5, 0.6) is 0 Å². The molecule has 1 fully saturated rings. The molecule has 1 amide bonds. The highest BCUT2D eigenvalue weighted by Crippen LogP contribution is 2.11. The van der Waals surface area contributed by atoms with Crippen molar-refractivity contribution >= 4 is 17.8 Å². The number of esters is 1. The summed E-state index contributed by atoms with van der Waals surface area (Å²) in [5.41, 5.74) is 0. The number of aliphatic carboxylic acids is 1. The molecule has 0 bridgehead atoms. The molecule has 0 spiro atoms. The van der Waals surface area contributed by atoms with Gasteiger partial charge in [-0.25, -0.2) is 0 Å². The molecule has 1 N–H and O–H groups in total. The first-order valence-corrected chi connectivity index (χ1v) is 5.25. The molecule has 0 saturated carbocycles. The number of nitrogens with zero attached hydrogens (tertiary/aromatic N) is 2. The third kappa shape index (κ3) is 3.42. The summed E-state index contributed by atoms with van der Waals surface area (Å²) in [4.78, 5) is 36.4. The predicted octanol–water partition coefficient (Wildman–Crippen LogP) is -1.22. The van der Waals surface area contributed by atoms with Gasteiger partial charge in [-0.1, -0.05) is 0 Å². The fourth-order valence-corrected chi connectivity index (χ4v) is 1.83. The molecule has 1 rings (SSSR count). The molecule has 1 saturated heterocycles. The third-order valence-corrected chi connectivity index (χ3v) is 2.75. The lowest BCUT2D eigenvalue weighted by Gasteiger charge is -2.38. The van der Waals surface area contributed by atoms with Crippen LogP contribution in [0, 0.1) is 0 Å². The monoisotopic (exact) mass is 244 g/mol. The Morgan fingerprint density at radius 3 is 2.47 bits per heavy atom. The van der Waals surface area contributed by atoms with Gasteiger partial charge in [0, 0.05) is 26.6 Å². The van der Waals surface area contributed by atoms with Crippen molar-refractivity contribution < 1.29 is 24.2 Å². The van der Waals surface area contributed by atoms with Crippen LogP contribution in [0.15, 0.2) is 0 Å². The summed E-state index contributed by atoms with van der Waals surface area (Å²) in [7, 11) is 1.24. The number of carboxylic acids is 1. The lowest BCUT2D eigenvalue weighted by Crippen LogP contribution is -2.58. The van der Waals surface area contributed by atoms with Gasteiger partial charge in [0.1, 0.15) is 6.04 Å². The van der Waals surface area contributed by atoms with E-state index >= 15 is 0 Å². The first-order valence-electron chi connectivity index (χ1n) is 5.25. The summed E-state index contributed by atoms with van der Waals surface area (Å²) < 4.78 is 4.62. The second-order valence-corrected chi connectivity index (χ2v) is 3.87. The van der Waals surface area contributed by atoms with Crippen molar-refractivity contribution in [3.63, 3.8) is 0 Å². The van der Waals surface area contributed by atoms with Crippen LogP contribution in [-0.2, 0) is 19.1 Å². The van der Waals surface area contributed by atoms with Gasteiger partial charge in [0.25, 0.3) is 0 Å². The predicted molar refractivity (Wildman–Crippen MR) is 57.3 cm³/mol. The molecule has 1 heterocycles. The van der Waals surface area contributed by atoms with E-state index in [-0.39, 0.29) is 19.0 Å². The van der Waals surface area contributed by atoms with Gasteiger partial charge in [-0.15, -0.1) is 0 Å². The Morgan fingerprint density at radius 1 is 1.35 bits per heavy atom. The molecule has 1 aliphatic rings. The Balaban J connectivity index is 2.75. The maximum Gasteiger partial charge on any atom is 0.324 e. The quantitative estimate of drug-likeness (QED) is 0.626. The summed E-state index contributed by atoms with van der Waals surface area (Å²) in [5.74, 6) is -1.65. The molecular weight excluding hydrogens is 228 g/mol. The number of piperazine rings is 1. The Kier molecular flexibility index (Phi) is 4.45. The highest BCUT2D eigenvalue weighted by molar-refractivity contribution is 5.80. The van der Waals surface area contributed by atoms with Crippen molar-refractivity contribution in [2.45, 2.75) is 13.0 Å². The van der Waals surface area contributed by atoms with E-state index < -0.39 is 18.0 Å². The molecule has 0 radical (unpaired) electrons. The lowest BCUT2D eigenvalue weighted by atomic mass is 10.1. The van der Waals surface area contributed by atoms with Crippen LogP contribution in [0.3, 0.4) is 0 Å². The molecule has 0 aromatic rings. The van der Waals surface area contributed by atoms with Gasteiger partial charge in [0.05, 0.1) is 13.7 Å². The van der Waals surface area contributed by atoms with Crippen molar-refractivity contribution in [3.8, 4) is 0 Å². The molecule has 7 heteroatoms. The Labute approximate surface area is 98.9 Å². The number of ether oxygens (including phenoxy) is 1. The largest absolute Gasteiger partial charge is 0.480 e. The minimum atomic E-state index is -1.00. The zero-order chi connectivity index (χ0) is 13.0. The summed E-state index contributed by atoms with van der Waals surface area (Å²) in [6.07, 6.45) is 0. The van der Waals surface area contributed by atoms with Crippen LogP contribution in [-0.4, -0.2) is 72.1 Å². The molecule has 1 unspecified atom stereocenters. The minimum absolute atomic E-state index is 0.131. The van der Waals surface area contributed by atoms with Crippen LogP contribution >= 0.6 is 0 Å². The van der Waals surface area contributed by atoms with Gasteiger partial charge in [0.15, 0.2) is 0 Å². The molecule has 0 aromatic carbocycles. The van der Waals surface area contributed by atoms with E-state index in [9.17, 15) is 14.4 Å². The summed E-state index contributed by atoms with van der Waals surface area (Å²) in [5, 5.41) is 8.74. The average molecular weight is 244 g/mol. The molecule has 1 aliphatic heterocycles. The number of carbonyl (C=O) groups is 3. The van der Waals surface area contributed by atoms with E-state index in [1.807, 2.05) is 0 Å². The Morgan fingerprint density at radius 2 is 2.00 bits per heavy atom. The number of amides is 1. The van der Waals surface area contributed by atoms with Crippen LogP contribution in [0.25, 0.3) is 0 Å². The van der Waals surface area contributed by atoms with Crippen molar-refractivity contribution in [3.05, 3.63) is 0 Å². The second-order valence-electron chi connectivity index (χ2n) is 3.87. The number of hydrogen-bond donors (Lipinski definition) is 1. The SMILES string of the molecule is COC(=O)C1CN(C(C)=O)CCN1CC(=O)O. The van der Waals surface area contributed by atoms with Crippen molar-refractivity contribution in [1.82, 2.24) is 9.80 Å². The average Bonchev–Trinajstić information content (AvgIpc) is 2.27. The maximum atomic E-state index is 11.5.